The zero-order valence-electron chi connectivity index (χ0n) is 12.3. The lowest BCUT2D eigenvalue weighted by Crippen LogP contribution is -2.06. The molecule has 0 atom stereocenters. The summed E-state index contributed by atoms with van der Waals surface area (Å²) >= 11 is 1.38. The van der Waals surface area contributed by atoms with Gasteiger partial charge in [-0.3, -0.25) is 4.79 Å². The number of Topliss-reactive ketones (excluding diaryl/α,β-unsaturated/α-hetero) is 1. The van der Waals surface area contributed by atoms with Crippen molar-refractivity contribution in [2.24, 2.45) is 0 Å². The van der Waals surface area contributed by atoms with Crippen molar-refractivity contribution in [1.29, 1.82) is 0 Å². The zero-order chi connectivity index (χ0) is 14.7. The van der Waals surface area contributed by atoms with E-state index in [9.17, 15) is 4.79 Å². The summed E-state index contributed by atoms with van der Waals surface area (Å²) in [5, 5.41) is 0.647. The van der Waals surface area contributed by atoms with Gasteiger partial charge in [0, 0.05) is 35.9 Å². The molecule has 0 radical (unpaired) electrons. The molecule has 0 amide bonds. The Bertz CT molecular complexity index is 617. The molecule has 2 aromatic rings. The summed E-state index contributed by atoms with van der Waals surface area (Å²) in [5.41, 5.74) is 4.00. The minimum atomic E-state index is 0.131. The minimum absolute atomic E-state index is 0.131. The van der Waals surface area contributed by atoms with Gasteiger partial charge < -0.3 is 4.57 Å². The number of aryl methyl sites for hydroxylation is 2. The first-order valence-electron chi connectivity index (χ1n) is 6.64. The quantitative estimate of drug-likeness (QED) is 0.482. The molecule has 2 aromatic heterocycles. The first-order chi connectivity index (χ1) is 9.52. The molecule has 4 nitrogen and oxygen atoms in total. The minimum Gasteiger partial charge on any atom is -0.349 e. The Morgan fingerprint density at radius 1 is 1.25 bits per heavy atom. The highest BCUT2D eigenvalue weighted by Gasteiger charge is 2.15. The van der Waals surface area contributed by atoms with E-state index in [-0.39, 0.29) is 5.78 Å². The number of aromatic nitrogens is 3. The van der Waals surface area contributed by atoms with Gasteiger partial charge in [0.25, 0.3) is 0 Å². The molecular weight excluding hydrogens is 270 g/mol. The molecule has 0 bridgehead atoms. The molecular formula is C15H19N3OS. The summed E-state index contributed by atoms with van der Waals surface area (Å²) in [7, 11) is 0. The highest BCUT2D eigenvalue weighted by Crippen LogP contribution is 2.19. The number of carbonyl (C=O) groups excluding carboxylic acids is 1. The van der Waals surface area contributed by atoms with Crippen LogP contribution in [0, 0.1) is 20.8 Å². The molecule has 0 N–H and O–H groups in total. The number of nitrogens with zero attached hydrogens (tertiary/aromatic N) is 3. The van der Waals surface area contributed by atoms with Crippen molar-refractivity contribution >= 4 is 17.5 Å². The topological polar surface area (TPSA) is 47.8 Å². The van der Waals surface area contributed by atoms with Crippen LogP contribution in [0.3, 0.4) is 0 Å². The standard InChI is InChI=1S/C15H19N3OS/c1-5-18-11(3)6-13(12(18)4)14(19)9-20-15-16-7-10(2)8-17-15/h6-8H,5,9H2,1-4H3. The average molecular weight is 289 g/mol. The van der Waals surface area contributed by atoms with Gasteiger partial charge in [0.15, 0.2) is 10.9 Å². The van der Waals surface area contributed by atoms with Gasteiger partial charge in [-0.25, -0.2) is 9.97 Å². The van der Waals surface area contributed by atoms with Crippen molar-refractivity contribution in [3.8, 4) is 0 Å². The van der Waals surface area contributed by atoms with Crippen molar-refractivity contribution < 1.29 is 4.79 Å². The molecule has 20 heavy (non-hydrogen) atoms. The van der Waals surface area contributed by atoms with E-state index in [2.05, 4.69) is 21.5 Å². The number of hydrogen-bond donors (Lipinski definition) is 0. The highest BCUT2D eigenvalue weighted by atomic mass is 32.2. The number of thioether (sulfide) groups is 1. The number of ketones is 1. The van der Waals surface area contributed by atoms with Crippen LogP contribution < -0.4 is 0 Å². The van der Waals surface area contributed by atoms with Crippen LogP contribution in [0.5, 0.6) is 0 Å². The van der Waals surface area contributed by atoms with Crippen LogP contribution in [0.1, 0.15) is 34.2 Å². The second-order valence-electron chi connectivity index (χ2n) is 4.78. The maximum absolute atomic E-state index is 12.3. The third-order valence-electron chi connectivity index (χ3n) is 3.28. The Morgan fingerprint density at radius 2 is 1.90 bits per heavy atom. The summed E-state index contributed by atoms with van der Waals surface area (Å²) in [6, 6.07) is 1.97. The molecule has 0 unspecified atom stereocenters. The Kier molecular flexibility index (Phi) is 4.60. The first kappa shape index (κ1) is 14.8. The predicted molar refractivity (Wildman–Crippen MR) is 81.4 cm³/mol. The molecule has 0 saturated carbocycles. The normalized spacial score (nSPS) is 10.8. The molecule has 0 aliphatic heterocycles. The van der Waals surface area contributed by atoms with E-state index in [1.807, 2.05) is 26.8 Å². The third-order valence-corrected chi connectivity index (χ3v) is 4.16. The van der Waals surface area contributed by atoms with Crippen molar-refractivity contribution in [1.82, 2.24) is 14.5 Å². The smallest absolute Gasteiger partial charge is 0.187 e. The van der Waals surface area contributed by atoms with E-state index in [1.54, 1.807) is 12.4 Å². The SMILES string of the molecule is CCn1c(C)cc(C(=O)CSc2ncc(C)cn2)c1C. The second-order valence-corrected chi connectivity index (χ2v) is 5.73. The van der Waals surface area contributed by atoms with E-state index in [0.717, 1.165) is 29.1 Å². The molecule has 0 aliphatic carbocycles. The fourth-order valence-electron chi connectivity index (χ4n) is 2.23. The lowest BCUT2D eigenvalue weighted by molar-refractivity contribution is 0.102. The molecule has 106 valence electrons. The largest absolute Gasteiger partial charge is 0.349 e. The Morgan fingerprint density at radius 3 is 2.45 bits per heavy atom. The Hall–Kier alpha value is -1.62. The third kappa shape index (κ3) is 3.10. The molecule has 0 fully saturated rings. The van der Waals surface area contributed by atoms with Crippen LogP contribution in [0.25, 0.3) is 0 Å². The highest BCUT2D eigenvalue weighted by molar-refractivity contribution is 7.99. The average Bonchev–Trinajstić information content (AvgIpc) is 2.72. The monoisotopic (exact) mass is 289 g/mol. The van der Waals surface area contributed by atoms with Crippen LogP contribution in [0.4, 0.5) is 0 Å². The van der Waals surface area contributed by atoms with Gasteiger partial charge in [-0.2, -0.15) is 0 Å². The summed E-state index contributed by atoms with van der Waals surface area (Å²) in [5.74, 6) is 0.504. The summed E-state index contributed by atoms with van der Waals surface area (Å²) in [4.78, 5) is 20.7. The van der Waals surface area contributed by atoms with Gasteiger partial charge in [-0.15, -0.1) is 0 Å². The van der Waals surface area contributed by atoms with Gasteiger partial charge in [-0.05, 0) is 39.3 Å². The summed E-state index contributed by atoms with van der Waals surface area (Å²) in [6.07, 6.45) is 3.53. The van der Waals surface area contributed by atoms with E-state index >= 15 is 0 Å². The van der Waals surface area contributed by atoms with Gasteiger partial charge in [0.2, 0.25) is 0 Å². The fourth-order valence-corrected chi connectivity index (χ4v) is 2.90. The molecule has 0 saturated heterocycles. The number of rotatable bonds is 5. The van der Waals surface area contributed by atoms with Gasteiger partial charge in [0.05, 0.1) is 5.75 Å². The number of hydrogen-bond acceptors (Lipinski definition) is 4. The van der Waals surface area contributed by atoms with Crippen LogP contribution in [-0.4, -0.2) is 26.1 Å². The summed E-state index contributed by atoms with van der Waals surface area (Å²) in [6.45, 7) is 8.95. The van der Waals surface area contributed by atoms with Crippen molar-refractivity contribution in [2.45, 2.75) is 39.4 Å². The molecule has 2 rings (SSSR count). The lowest BCUT2D eigenvalue weighted by Gasteiger charge is -2.05. The van der Waals surface area contributed by atoms with Crippen LogP contribution in [-0.2, 0) is 6.54 Å². The first-order valence-corrected chi connectivity index (χ1v) is 7.62. The molecule has 0 aliphatic rings. The Labute approximate surface area is 123 Å². The molecule has 0 spiro atoms. The van der Waals surface area contributed by atoms with Gasteiger partial charge in [0.1, 0.15) is 0 Å². The maximum Gasteiger partial charge on any atom is 0.187 e. The molecule has 5 heteroatoms. The van der Waals surface area contributed by atoms with Gasteiger partial charge >= 0.3 is 0 Å². The predicted octanol–water partition coefficient (Wildman–Crippen LogP) is 3.20. The van der Waals surface area contributed by atoms with Crippen molar-refractivity contribution in [2.75, 3.05) is 5.75 Å². The lowest BCUT2D eigenvalue weighted by atomic mass is 10.2. The van der Waals surface area contributed by atoms with E-state index in [1.165, 1.54) is 11.8 Å². The van der Waals surface area contributed by atoms with E-state index in [0.29, 0.717) is 10.9 Å². The fraction of sp³-hybridized carbons (Fsp3) is 0.400. The second kappa shape index (κ2) is 6.22. The van der Waals surface area contributed by atoms with Crippen molar-refractivity contribution in [3.63, 3.8) is 0 Å². The van der Waals surface area contributed by atoms with Crippen molar-refractivity contribution in [3.05, 3.63) is 41.0 Å². The maximum atomic E-state index is 12.3. The van der Waals surface area contributed by atoms with Crippen LogP contribution >= 0.6 is 11.8 Å². The summed E-state index contributed by atoms with van der Waals surface area (Å²) < 4.78 is 2.15. The molecule has 0 aromatic carbocycles. The van der Waals surface area contributed by atoms with Crippen LogP contribution in [0.15, 0.2) is 23.6 Å². The van der Waals surface area contributed by atoms with Gasteiger partial charge in [-0.1, -0.05) is 11.8 Å². The van der Waals surface area contributed by atoms with E-state index in [4.69, 9.17) is 0 Å². The molecule has 2 heterocycles. The Balaban J connectivity index is 2.07. The van der Waals surface area contributed by atoms with E-state index < -0.39 is 0 Å². The van der Waals surface area contributed by atoms with Crippen LogP contribution in [0.2, 0.25) is 0 Å². The number of carbonyl (C=O) groups is 1. The zero-order valence-corrected chi connectivity index (χ0v) is 13.1.